The lowest BCUT2D eigenvalue weighted by atomic mass is 10.3. The normalized spacial score (nSPS) is 13.2. The van der Waals surface area contributed by atoms with Gasteiger partial charge in [-0.05, 0) is 12.8 Å². The number of hydrogen-bond donors (Lipinski definition) is 4. The maximum Gasteiger partial charge on any atom is 0.322 e. The van der Waals surface area contributed by atoms with Gasteiger partial charge < -0.3 is 21.5 Å². The maximum atomic E-state index is 11.4. The predicted molar refractivity (Wildman–Crippen MR) is 89.8 cm³/mol. The molecule has 0 aromatic carbocycles. The van der Waals surface area contributed by atoms with Crippen LogP contribution in [0, 0.1) is 0 Å². The summed E-state index contributed by atoms with van der Waals surface area (Å²) < 4.78 is 11.4. The molecule has 2 atom stereocenters. The zero-order chi connectivity index (χ0) is 16.3. The van der Waals surface area contributed by atoms with Crippen molar-refractivity contribution in [1.82, 2.24) is 10.6 Å². The van der Waals surface area contributed by atoms with Gasteiger partial charge in [0.25, 0.3) is 0 Å². The number of carboxylic acid groups (broad SMARTS) is 1. The third kappa shape index (κ3) is 12.7. The Hall–Kier alpha value is -0.710. The maximum absolute atomic E-state index is 11.4. The van der Waals surface area contributed by atoms with Gasteiger partial charge in [0.15, 0.2) is 0 Å². The minimum absolute atomic E-state index is 0.274. The molecule has 0 fully saturated rings. The molecule has 0 saturated heterocycles. The van der Waals surface area contributed by atoms with Gasteiger partial charge in [0.2, 0.25) is 5.91 Å². The first-order chi connectivity index (χ1) is 9.82. The molecule has 0 heterocycles. The summed E-state index contributed by atoms with van der Waals surface area (Å²) in [6.07, 6.45) is 3.40. The van der Waals surface area contributed by atoms with E-state index in [9.17, 15) is 13.8 Å². The summed E-state index contributed by atoms with van der Waals surface area (Å²) in [4.78, 5) is 21.7. The average molecular weight is 356 g/mol. The predicted octanol–water partition coefficient (Wildman–Crippen LogP) is -0.719. The Morgan fingerprint density at radius 3 is 2.62 bits per heavy atom. The number of amides is 1. The Labute approximate surface area is 136 Å². The lowest BCUT2D eigenvalue weighted by molar-refractivity contribution is -0.138. The van der Waals surface area contributed by atoms with Crippen molar-refractivity contribution in [1.29, 1.82) is 0 Å². The smallest absolute Gasteiger partial charge is 0.322 e. The van der Waals surface area contributed by atoms with E-state index < -0.39 is 35.3 Å². The Balaban J connectivity index is 3.69. The van der Waals surface area contributed by atoms with Gasteiger partial charge in [0.1, 0.15) is 10.9 Å². The Kier molecular flexibility index (Phi) is 11.5. The standard InChI is InChI=1S/C11H21N3O4S3/c1-21(18)5-3-2-4-13-11(19)20-7-8(12)10(17)14-6-9(15)16/h8H,2-7,12H2,1H3,(H,13,19)(H,14,17)(H,15,16). The summed E-state index contributed by atoms with van der Waals surface area (Å²) in [7, 11) is -0.769. The molecule has 0 aromatic heterocycles. The third-order valence-electron chi connectivity index (χ3n) is 2.27. The second kappa shape index (κ2) is 11.9. The van der Waals surface area contributed by atoms with Crippen LogP contribution in [0.1, 0.15) is 12.8 Å². The fourth-order valence-corrected chi connectivity index (χ4v) is 2.81. The number of nitrogens with two attached hydrogens (primary N) is 1. The molecule has 0 aliphatic rings. The number of carbonyl (C=O) groups excluding carboxylic acids is 1. The van der Waals surface area contributed by atoms with Crippen LogP contribution in [0.15, 0.2) is 0 Å². The molecule has 0 aromatic rings. The van der Waals surface area contributed by atoms with Gasteiger partial charge in [-0.3, -0.25) is 13.8 Å². The second-order valence-corrected chi connectivity index (χ2v) is 7.48. The zero-order valence-electron chi connectivity index (χ0n) is 11.8. The first kappa shape index (κ1) is 20.3. The summed E-state index contributed by atoms with van der Waals surface area (Å²) in [5, 5.41) is 13.6. The Morgan fingerprint density at radius 2 is 2.05 bits per heavy atom. The number of nitrogens with one attached hydrogen (secondary N) is 2. The number of hydrogen-bond acceptors (Lipinski definition) is 6. The SMILES string of the molecule is CS(=O)CCCCNC(=S)SCC(N)C(=O)NCC(=O)O. The number of thiocarbonyl (C=S) groups is 1. The number of thioether (sulfide) groups is 1. The monoisotopic (exact) mass is 355 g/mol. The first-order valence-electron chi connectivity index (χ1n) is 6.28. The van der Waals surface area contributed by atoms with Crippen LogP contribution in [0.4, 0.5) is 0 Å². The molecule has 2 unspecified atom stereocenters. The molecule has 1 amide bonds. The van der Waals surface area contributed by atoms with Crippen LogP contribution in [0.5, 0.6) is 0 Å². The largest absolute Gasteiger partial charge is 0.480 e. The van der Waals surface area contributed by atoms with Crippen LogP contribution >= 0.6 is 24.0 Å². The molecular weight excluding hydrogens is 334 g/mol. The molecule has 5 N–H and O–H groups in total. The second-order valence-electron chi connectivity index (χ2n) is 4.23. The van der Waals surface area contributed by atoms with Gasteiger partial charge in [0.05, 0.1) is 6.04 Å². The summed E-state index contributed by atoms with van der Waals surface area (Å²) in [5.41, 5.74) is 5.61. The van der Waals surface area contributed by atoms with E-state index in [1.807, 2.05) is 0 Å². The van der Waals surface area contributed by atoms with Crippen LogP contribution in [0.2, 0.25) is 0 Å². The molecule has 0 saturated carbocycles. The highest BCUT2D eigenvalue weighted by Crippen LogP contribution is 2.04. The average Bonchev–Trinajstić information content (AvgIpc) is 2.41. The van der Waals surface area contributed by atoms with Crippen molar-refractivity contribution < 1.29 is 18.9 Å². The van der Waals surface area contributed by atoms with Gasteiger partial charge in [0, 0.05) is 35.1 Å². The van der Waals surface area contributed by atoms with E-state index >= 15 is 0 Å². The van der Waals surface area contributed by atoms with Crippen molar-refractivity contribution in [2.45, 2.75) is 18.9 Å². The van der Waals surface area contributed by atoms with Gasteiger partial charge >= 0.3 is 5.97 Å². The highest BCUT2D eigenvalue weighted by atomic mass is 32.2. The Morgan fingerprint density at radius 1 is 1.38 bits per heavy atom. The molecule has 0 bridgehead atoms. The van der Waals surface area contributed by atoms with Crippen molar-refractivity contribution in [2.24, 2.45) is 5.73 Å². The summed E-state index contributed by atoms with van der Waals surface area (Å²) >= 11 is 6.32. The summed E-state index contributed by atoms with van der Waals surface area (Å²) in [6, 6.07) is -0.809. The van der Waals surface area contributed by atoms with E-state index in [0.717, 1.165) is 12.8 Å². The lowest BCUT2D eigenvalue weighted by Crippen LogP contribution is -2.44. The Bertz CT molecular complexity index is 393. The van der Waals surface area contributed by atoms with E-state index in [-0.39, 0.29) is 5.75 Å². The molecular formula is C11H21N3O4S3. The highest BCUT2D eigenvalue weighted by Gasteiger charge is 2.14. The summed E-state index contributed by atoms with van der Waals surface area (Å²) in [5.74, 6) is -0.682. The molecule has 0 aliphatic carbocycles. The van der Waals surface area contributed by atoms with E-state index in [2.05, 4.69) is 10.6 Å². The van der Waals surface area contributed by atoms with Gasteiger partial charge in [-0.1, -0.05) is 24.0 Å². The van der Waals surface area contributed by atoms with E-state index in [0.29, 0.717) is 16.6 Å². The molecule has 21 heavy (non-hydrogen) atoms. The van der Waals surface area contributed by atoms with Gasteiger partial charge in [-0.25, -0.2) is 0 Å². The molecule has 7 nitrogen and oxygen atoms in total. The number of aliphatic carboxylic acids is 1. The highest BCUT2D eigenvalue weighted by molar-refractivity contribution is 8.23. The molecule has 10 heteroatoms. The van der Waals surface area contributed by atoms with Crippen LogP contribution in [-0.4, -0.2) is 62.4 Å². The quantitative estimate of drug-likeness (QED) is 0.299. The minimum Gasteiger partial charge on any atom is -0.480 e. The van der Waals surface area contributed by atoms with Crippen LogP contribution < -0.4 is 16.4 Å². The van der Waals surface area contributed by atoms with Gasteiger partial charge in [-0.15, -0.1) is 0 Å². The molecule has 0 aliphatic heterocycles. The van der Waals surface area contributed by atoms with Crippen LogP contribution in [0.3, 0.4) is 0 Å². The van der Waals surface area contributed by atoms with Crippen molar-refractivity contribution in [2.75, 3.05) is 30.9 Å². The number of carboxylic acids is 1. The molecule has 0 rings (SSSR count). The molecule has 0 radical (unpaired) electrons. The van der Waals surface area contributed by atoms with Crippen molar-refractivity contribution in [3.05, 3.63) is 0 Å². The van der Waals surface area contributed by atoms with Crippen molar-refractivity contribution in [3.63, 3.8) is 0 Å². The minimum atomic E-state index is -1.12. The third-order valence-corrected chi connectivity index (χ3v) is 4.57. The fraction of sp³-hybridized carbons (Fsp3) is 0.727. The molecule has 0 spiro atoms. The number of rotatable bonds is 10. The van der Waals surface area contributed by atoms with E-state index in [4.69, 9.17) is 23.1 Å². The lowest BCUT2D eigenvalue weighted by Gasteiger charge is -2.12. The van der Waals surface area contributed by atoms with Crippen molar-refractivity contribution >= 4 is 51.0 Å². The van der Waals surface area contributed by atoms with Crippen LogP contribution in [-0.2, 0) is 20.4 Å². The van der Waals surface area contributed by atoms with Crippen molar-refractivity contribution in [3.8, 4) is 0 Å². The topological polar surface area (TPSA) is 122 Å². The fourth-order valence-electron chi connectivity index (χ4n) is 1.21. The van der Waals surface area contributed by atoms with Gasteiger partial charge in [-0.2, -0.15) is 0 Å². The van der Waals surface area contributed by atoms with Crippen LogP contribution in [0.25, 0.3) is 0 Å². The first-order valence-corrected chi connectivity index (χ1v) is 9.40. The van der Waals surface area contributed by atoms with E-state index in [1.165, 1.54) is 11.8 Å². The number of unbranched alkanes of at least 4 members (excludes halogenated alkanes) is 1. The number of carbonyl (C=O) groups is 2. The van der Waals surface area contributed by atoms with E-state index in [1.54, 1.807) is 6.26 Å². The molecule has 122 valence electrons. The summed E-state index contributed by atoms with van der Waals surface area (Å²) in [6.45, 7) is 0.238. The zero-order valence-corrected chi connectivity index (χ0v) is 14.2.